The van der Waals surface area contributed by atoms with Crippen LogP contribution in [0.15, 0.2) is 30.3 Å². The lowest BCUT2D eigenvalue weighted by Crippen LogP contribution is -2.44. The smallest absolute Gasteiger partial charge is 0.169 e. The van der Waals surface area contributed by atoms with Crippen molar-refractivity contribution < 1.29 is 9.53 Å². The third-order valence-corrected chi connectivity index (χ3v) is 4.28. The van der Waals surface area contributed by atoms with E-state index in [1.807, 2.05) is 30.3 Å². The number of benzene rings is 1. The Balaban J connectivity index is 1.98. The summed E-state index contributed by atoms with van der Waals surface area (Å²) >= 11 is 0. The summed E-state index contributed by atoms with van der Waals surface area (Å²) in [7, 11) is 1.77. The second-order valence-corrected chi connectivity index (χ2v) is 6.78. The quantitative estimate of drug-likeness (QED) is 0.753. The van der Waals surface area contributed by atoms with Crippen LogP contribution < -0.4 is 0 Å². The highest BCUT2D eigenvalue weighted by atomic mass is 16.5. The van der Waals surface area contributed by atoms with Crippen LogP contribution in [0.4, 0.5) is 0 Å². The van der Waals surface area contributed by atoms with E-state index in [9.17, 15) is 4.79 Å². The van der Waals surface area contributed by atoms with Crippen molar-refractivity contribution in [2.75, 3.05) is 33.4 Å². The number of methoxy groups -OCH3 is 1. The maximum Gasteiger partial charge on any atom is 0.169 e. The molecule has 0 aromatic heterocycles. The van der Waals surface area contributed by atoms with Gasteiger partial charge in [0.05, 0.1) is 6.61 Å². The normalized spacial score (nSPS) is 20.4. The van der Waals surface area contributed by atoms with Crippen LogP contribution in [0.25, 0.3) is 0 Å². The number of ether oxygens (including phenoxy) is 1. The number of rotatable bonds is 6. The minimum atomic E-state index is -0.351. The summed E-state index contributed by atoms with van der Waals surface area (Å²) in [5.41, 5.74) is 0.462. The molecule has 1 saturated heterocycles. The van der Waals surface area contributed by atoms with E-state index in [1.54, 1.807) is 7.11 Å². The first-order valence-corrected chi connectivity index (χ1v) is 7.84. The molecule has 1 aromatic carbocycles. The summed E-state index contributed by atoms with van der Waals surface area (Å²) in [4.78, 5) is 15.1. The molecule has 2 rings (SSSR count). The van der Waals surface area contributed by atoms with Crippen LogP contribution in [-0.2, 0) is 4.74 Å². The Morgan fingerprint density at radius 1 is 1.33 bits per heavy atom. The highest BCUT2D eigenvalue weighted by Crippen LogP contribution is 2.26. The van der Waals surface area contributed by atoms with E-state index in [1.165, 1.54) is 12.8 Å². The van der Waals surface area contributed by atoms with Gasteiger partial charge in [0.2, 0.25) is 0 Å². The molecule has 0 amide bonds. The number of carbonyl (C=O) groups excluding carboxylic acids is 1. The first-order valence-electron chi connectivity index (χ1n) is 7.84. The first-order chi connectivity index (χ1) is 10.0. The van der Waals surface area contributed by atoms with Crippen LogP contribution in [0, 0.1) is 11.3 Å². The Labute approximate surface area is 128 Å². The summed E-state index contributed by atoms with van der Waals surface area (Å²) in [6, 6.07) is 9.63. The molecular weight excluding hydrogens is 262 g/mol. The molecule has 3 nitrogen and oxygen atoms in total. The average molecular weight is 289 g/mol. The van der Waals surface area contributed by atoms with Gasteiger partial charge in [-0.25, -0.2) is 0 Å². The highest BCUT2D eigenvalue weighted by molar-refractivity contribution is 6.00. The van der Waals surface area contributed by atoms with E-state index in [-0.39, 0.29) is 11.2 Å². The number of likely N-dealkylation sites (tertiary alicyclic amines) is 1. The number of carbonyl (C=O) groups is 1. The van der Waals surface area contributed by atoms with Crippen molar-refractivity contribution in [2.45, 2.75) is 26.7 Å². The summed E-state index contributed by atoms with van der Waals surface area (Å²) in [5, 5.41) is 0. The van der Waals surface area contributed by atoms with E-state index < -0.39 is 0 Å². The molecule has 0 N–H and O–H groups in total. The molecule has 0 aliphatic carbocycles. The zero-order valence-corrected chi connectivity index (χ0v) is 13.5. The largest absolute Gasteiger partial charge is 0.384 e. The molecule has 1 heterocycles. The van der Waals surface area contributed by atoms with Gasteiger partial charge < -0.3 is 9.64 Å². The van der Waals surface area contributed by atoms with Crippen LogP contribution in [-0.4, -0.2) is 44.0 Å². The first kappa shape index (κ1) is 16.2. The van der Waals surface area contributed by atoms with Gasteiger partial charge >= 0.3 is 0 Å². The number of hydrogen-bond donors (Lipinski definition) is 0. The Kier molecular flexibility index (Phi) is 5.54. The molecule has 0 saturated carbocycles. The minimum absolute atomic E-state index is 0.233. The zero-order chi connectivity index (χ0) is 15.3. The second kappa shape index (κ2) is 7.19. The minimum Gasteiger partial charge on any atom is -0.384 e. The van der Waals surface area contributed by atoms with Gasteiger partial charge in [0.1, 0.15) is 0 Å². The summed E-state index contributed by atoms with van der Waals surface area (Å²) in [5.74, 6) is 0.836. The maximum absolute atomic E-state index is 12.7. The van der Waals surface area contributed by atoms with Crippen molar-refractivity contribution in [3.63, 3.8) is 0 Å². The van der Waals surface area contributed by atoms with E-state index in [0.717, 1.165) is 31.8 Å². The number of hydrogen-bond acceptors (Lipinski definition) is 3. The lowest BCUT2D eigenvalue weighted by atomic mass is 9.83. The van der Waals surface area contributed by atoms with Gasteiger partial charge in [0.15, 0.2) is 5.78 Å². The third kappa shape index (κ3) is 4.39. The van der Waals surface area contributed by atoms with Crippen molar-refractivity contribution in [3.8, 4) is 0 Å². The molecule has 1 aromatic rings. The van der Waals surface area contributed by atoms with Gasteiger partial charge in [-0.3, -0.25) is 4.79 Å². The van der Waals surface area contributed by atoms with Gasteiger partial charge in [-0.05, 0) is 25.3 Å². The predicted octanol–water partition coefficient (Wildman–Crippen LogP) is 3.25. The van der Waals surface area contributed by atoms with Crippen molar-refractivity contribution >= 4 is 5.78 Å². The standard InChI is InChI=1S/C18H27NO2/c1-18(2,17(20)16-9-5-4-6-10-16)14-19-11-7-8-15(12-19)13-21-3/h4-6,9-10,15H,7-8,11-14H2,1-3H3. The van der Waals surface area contributed by atoms with E-state index in [2.05, 4.69) is 18.7 Å². The molecule has 3 heteroatoms. The van der Waals surface area contributed by atoms with Crippen LogP contribution in [0.5, 0.6) is 0 Å². The van der Waals surface area contributed by atoms with Crippen molar-refractivity contribution in [3.05, 3.63) is 35.9 Å². The molecule has 1 aliphatic rings. The lowest BCUT2D eigenvalue weighted by molar-refractivity contribution is 0.0585. The number of ketones is 1. The Morgan fingerprint density at radius 2 is 2.05 bits per heavy atom. The van der Waals surface area contributed by atoms with Crippen LogP contribution in [0.1, 0.15) is 37.0 Å². The Hall–Kier alpha value is -1.19. The Morgan fingerprint density at radius 3 is 2.71 bits per heavy atom. The summed E-state index contributed by atoms with van der Waals surface area (Å²) in [6.07, 6.45) is 2.43. The maximum atomic E-state index is 12.7. The van der Waals surface area contributed by atoms with Gasteiger partial charge in [0, 0.05) is 31.2 Å². The third-order valence-electron chi connectivity index (χ3n) is 4.28. The molecular formula is C18H27NO2. The second-order valence-electron chi connectivity index (χ2n) is 6.78. The monoisotopic (exact) mass is 289 g/mol. The molecule has 0 bridgehead atoms. The lowest BCUT2D eigenvalue weighted by Gasteiger charge is -2.37. The van der Waals surface area contributed by atoms with Gasteiger partial charge in [-0.15, -0.1) is 0 Å². The van der Waals surface area contributed by atoms with Gasteiger partial charge in [0.25, 0.3) is 0 Å². The fourth-order valence-corrected chi connectivity index (χ4v) is 3.28. The fraction of sp³-hybridized carbons (Fsp3) is 0.611. The van der Waals surface area contributed by atoms with Crippen molar-refractivity contribution in [2.24, 2.45) is 11.3 Å². The summed E-state index contributed by atoms with van der Waals surface area (Å²) in [6.45, 7) is 7.89. The van der Waals surface area contributed by atoms with E-state index in [4.69, 9.17) is 4.74 Å². The molecule has 116 valence electrons. The average Bonchev–Trinajstić information content (AvgIpc) is 2.47. The molecule has 21 heavy (non-hydrogen) atoms. The number of piperidine rings is 1. The number of Topliss-reactive ketones (excluding diaryl/α,β-unsaturated/α-hetero) is 1. The number of nitrogens with zero attached hydrogens (tertiary/aromatic N) is 1. The summed E-state index contributed by atoms with van der Waals surface area (Å²) < 4.78 is 5.28. The highest BCUT2D eigenvalue weighted by Gasteiger charge is 2.32. The Bertz CT molecular complexity index is 454. The van der Waals surface area contributed by atoms with E-state index >= 15 is 0 Å². The molecule has 0 radical (unpaired) electrons. The predicted molar refractivity (Wildman–Crippen MR) is 85.6 cm³/mol. The molecule has 1 unspecified atom stereocenters. The van der Waals surface area contributed by atoms with Crippen molar-refractivity contribution in [1.29, 1.82) is 0 Å². The van der Waals surface area contributed by atoms with Gasteiger partial charge in [-0.1, -0.05) is 44.2 Å². The van der Waals surface area contributed by atoms with Crippen LogP contribution in [0.2, 0.25) is 0 Å². The molecule has 1 aliphatic heterocycles. The SMILES string of the molecule is COCC1CCCN(CC(C)(C)C(=O)c2ccccc2)C1. The van der Waals surface area contributed by atoms with Crippen LogP contribution in [0.3, 0.4) is 0 Å². The molecule has 1 atom stereocenters. The fourth-order valence-electron chi connectivity index (χ4n) is 3.28. The van der Waals surface area contributed by atoms with E-state index in [0.29, 0.717) is 5.92 Å². The molecule has 1 fully saturated rings. The van der Waals surface area contributed by atoms with Crippen LogP contribution >= 0.6 is 0 Å². The topological polar surface area (TPSA) is 29.5 Å². The van der Waals surface area contributed by atoms with Gasteiger partial charge in [-0.2, -0.15) is 0 Å². The zero-order valence-electron chi connectivity index (χ0n) is 13.5. The van der Waals surface area contributed by atoms with Crippen molar-refractivity contribution in [1.82, 2.24) is 4.90 Å². The molecule has 0 spiro atoms.